The zero-order chi connectivity index (χ0) is 22.7. The summed E-state index contributed by atoms with van der Waals surface area (Å²) in [5.74, 6) is -1.43. The van der Waals surface area contributed by atoms with Crippen LogP contribution in [0.5, 0.6) is 5.75 Å². The van der Waals surface area contributed by atoms with Crippen molar-refractivity contribution in [1.82, 2.24) is 14.0 Å². The number of aryl methyl sites for hydroxylation is 1. The molecule has 2 aliphatic rings. The number of carbonyl (C=O) groups is 2. The average Bonchev–Trinajstić information content (AvgIpc) is 3.31. The van der Waals surface area contributed by atoms with Gasteiger partial charge in [-0.3, -0.25) is 19.1 Å². The number of halogens is 1. The summed E-state index contributed by atoms with van der Waals surface area (Å²) in [4.78, 5) is 27.6. The number of para-hydroxylation sites is 1. The third-order valence-electron chi connectivity index (χ3n) is 6.83. The molecular formula is C23H18ClN3O5. The van der Waals surface area contributed by atoms with Gasteiger partial charge in [0.15, 0.2) is 5.75 Å². The molecule has 0 aliphatic carbocycles. The van der Waals surface area contributed by atoms with E-state index < -0.39 is 23.1 Å². The molecule has 2 atom stereocenters. The number of benzene rings is 2. The van der Waals surface area contributed by atoms with Crippen molar-refractivity contribution in [3.63, 3.8) is 0 Å². The molecule has 0 spiro atoms. The fraction of sp³-hybridized carbons (Fsp3) is 0.217. The summed E-state index contributed by atoms with van der Waals surface area (Å²) in [5, 5.41) is 25.6. The van der Waals surface area contributed by atoms with E-state index in [1.807, 2.05) is 10.6 Å². The van der Waals surface area contributed by atoms with Crippen molar-refractivity contribution in [3.8, 4) is 17.1 Å². The summed E-state index contributed by atoms with van der Waals surface area (Å²) >= 11 is 6.26. The fourth-order valence-corrected chi connectivity index (χ4v) is 5.61. The number of aliphatic hydroxyl groups is 2. The van der Waals surface area contributed by atoms with E-state index in [4.69, 9.17) is 16.3 Å². The highest BCUT2D eigenvalue weighted by Gasteiger charge is 2.74. The first kappa shape index (κ1) is 19.4. The Morgan fingerprint density at radius 2 is 1.66 bits per heavy atom. The van der Waals surface area contributed by atoms with Gasteiger partial charge < -0.3 is 19.5 Å². The lowest BCUT2D eigenvalue weighted by Crippen LogP contribution is -2.58. The maximum absolute atomic E-state index is 13.4. The van der Waals surface area contributed by atoms with Crippen molar-refractivity contribution < 1.29 is 24.5 Å². The number of fused-ring (bicyclic) bond motifs is 10. The lowest BCUT2D eigenvalue weighted by Gasteiger charge is -2.40. The summed E-state index contributed by atoms with van der Waals surface area (Å²) < 4.78 is 8.88. The third kappa shape index (κ3) is 1.77. The molecule has 1 fully saturated rings. The largest absolute Gasteiger partial charge is 0.494 e. The van der Waals surface area contributed by atoms with Gasteiger partial charge in [-0.25, -0.2) is 0 Å². The van der Waals surface area contributed by atoms with Crippen molar-refractivity contribution in [2.75, 3.05) is 14.2 Å². The van der Waals surface area contributed by atoms with Crippen LogP contribution in [0.1, 0.15) is 5.56 Å². The predicted molar refractivity (Wildman–Crippen MR) is 117 cm³/mol. The minimum absolute atomic E-state index is 0.122. The molecule has 0 saturated carbocycles. The summed E-state index contributed by atoms with van der Waals surface area (Å²) in [6, 6.07) is 12.2. The second-order valence-corrected chi connectivity index (χ2v) is 8.67. The first-order valence-electron chi connectivity index (χ1n) is 9.93. The Balaban J connectivity index is 1.96. The number of methoxy groups -OCH3 is 1. The Kier molecular flexibility index (Phi) is 3.46. The number of carbonyl (C=O) groups excluding carboxylic acids is 2. The first-order valence-corrected chi connectivity index (χ1v) is 10.3. The van der Waals surface area contributed by atoms with E-state index in [-0.39, 0.29) is 5.56 Å². The normalized spacial score (nSPS) is 24.2. The highest BCUT2D eigenvalue weighted by molar-refractivity contribution is 6.31. The topological polar surface area (TPSA) is 96.9 Å². The van der Waals surface area contributed by atoms with Gasteiger partial charge in [-0.05, 0) is 30.3 Å². The summed E-state index contributed by atoms with van der Waals surface area (Å²) in [6.07, 6.45) is 0. The SMILES string of the molecule is COc1c2n(c3ccccc13)C1(O)C(=O)N(C)C(=O)C1(O)c1c-2n(C)c2ccc(Cl)cc12. The lowest BCUT2D eigenvalue weighted by molar-refractivity contribution is -0.193. The van der Waals surface area contributed by atoms with E-state index in [1.165, 1.54) is 18.7 Å². The van der Waals surface area contributed by atoms with Crippen LogP contribution in [-0.2, 0) is 28.0 Å². The van der Waals surface area contributed by atoms with Crippen LogP contribution in [-0.4, -0.2) is 50.2 Å². The number of aromatic nitrogens is 2. The van der Waals surface area contributed by atoms with Crippen molar-refractivity contribution in [1.29, 1.82) is 0 Å². The number of nitrogens with zero attached hydrogens (tertiary/aromatic N) is 3. The quantitative estimate of drug-likeness (QED) is 0.433. The Morgan fingerprint density at radius 3 is 2.38 bits per heavy atom. The Morgan fingerprint density at radius 1 is 0.938 bits per heavy atom. The molecule has 0 bridgehead atoms. The predicted octanol–water partition coefficient (Wildman–Crippen LogP) is 2.31. The van der Waals surface area contributed by atoms with Gasteiger partial charge in [0.2, 0.25) is 5.60 Å². The molecule has 2 unspecified atom stereocenters. The number of hydrogen-bond acceptors (Lipinski definition) is 5. The standard InChI is InChI=1S/C23H18ClN3O5/c1-25-14-9-8-11(24)10-13(14)16-17(25)18-19(32-3)12-6-4-5-7-15(12)27(18)23(31)21(29)26(2)20(28)22(16,23)30/h4-10,30-31H,1-3H3. The van der Waals surface area contributed by atoms with Crippen LogP contribution in [0, 0.1) is 0 Å². The molecule has 2 aliphatic heterocycles. The summed E-state index contributed by atoms with van der Waals surface area (Å²) in [7, 11) is 4.54. The Bertz CT molecular complexity index is 1540. The van der Waals surface area contributed by atoms with Crippen LogP contribution in [0.3, 0.4) is 0 Å². The molecule has 8 nitrogen and oxygen atoms in total. The Hall–Kier alpha value is -3.33. The first-order chi connectivity index (χ1) is 15.2. The smallest absolute Gasteiger partial charge is 0.286 e. The van der Waals surface area contributed by atoms with Crippen LogP contribution < -0.4 is 4.74 Å². The molecule has 6 rings (SSSR count). The minimum atomic E-state index is -2.62. The van der Waals surface area contributed by atoms with Crippen molar-refractivity contribution in [2.24, 2.45) is 7.05 Å². The second-order valence-electron chi connectivity index (χ2n) is 8.23. The molecule has 4 heterocycles. The molecule has 1 saturated heterocycles. The summed E-state index contributed by atoms with van der Waals surface area (Å²) in [5.41, 5.74) is -3.10. The van der Waals surface area contributed by atoms with Gasteiger partial charge in [-0.2, -0.15) is 0 Å². The molecular weight excluding hydrogens is 434 g/mol. The number of likely N-dealkylation sites (N-methyl/N-ethyl adjacent to an activating group) is 1. The Labute approximate surface area is 186 Å². The van der Waals surface area contributed by atoms with Crippen LogP contribution in [0.15, 0.2) is 42.5 Å². The van der Waals surface area contributed by atoms with E-state index in [2.05, 4.69) is 0 Å². The van der Waals surface area contributed by atoms with Crippen molar-refractivity contribution in [2.45, 2.75) is 11.3 Å². The molecule has 4 aromatic rings. The van der Waals surface area contributed by atoms with Crippen LogP contribution >= 0.6 is 11.6 Å². The molecule has 162 valence electrons. The number of amides is 2. The lowest BCUT2D eigenvalue weighted by atomic mass is 9.79. The van der Waals surface area contributed by atoms with Crippen molar-refractivity contribution >= 4 is 45.2 Å². The summed E-state index contributed by atoms with van der Waals surface area (Å²) in [6.45, 7) is 0. The number of rotatable bonds is 1. The zero-order valence-electron chi connectivity index (χ0n) is 17.4. The van der Waals surface area contributed by atoms with E-state index >= 15 is 0 Å². The number of imide groups is 1. The maximum atomic E-state index is 13.4. The molecule has 0 radical (unpaired) electrons. The van der Waals surface area contributed by atoms with Gasteiger partial charge in [0, 0.05) is 41.0 Å². The van der Waals surface area contributed by atoms with Gasteiger partial charge in [-0.1, -0.05) is 23.7 Å². The minimum Gasteiger partial charge on any atom is -0.494 e. The molecule has 9 heteroatoms. The number of ether oxygens (including phenoxy) is 1. The van der Waals surface area contributed by atoms with E-state index in [9.17, 15) is 19.8 Å². The van der Waals surface area contributed by atoms with Gasteiger partial charge in [0.05, 0.1) is 18.3 Å². The highest BCUT2D eigenvalue weighted by atomic mass is 35.5. The molecule has 2 aromatic heterocycles. The van der Waals surface area contributed by atoms with Crippen molar-refractivity contribution in [3.05, 3.63) is 53.1 Å². The maximum Gasteiger partial charge on any atom is 0.286 e. The van der Waals surface area contributed by atoms with Gasteiger partial charge >= 0.3 is 0 Å². The molecule has 2 N–H and O–H groups in total. The van der Waals surface area contributed by atoms with Crippen LogP contribution in [0.25, 0.3) is 33.2 Å². The number of likely N-dealkylation sites (tertiary alicyclic amines) is 1. The van der Waals surface area contributed by atoms with Crippen LogP contribution in [0.4, 0.5) is 0 Å². The second kappa shape index (κ2) is 5.72. The monoisotopic (exact) mass is 451 g/mol. The highest BCUT2D eigenvalue weighted by Crippen LogP contribution is 2.59. The van der Waals surface area contributed by atoms with E-state index in [1.54, 1.807) is 43.4 Å². The van der Waals surface area contributed by atoms with Gasteiger partial charge in [-0.15, -0.1) is 0 Å². The molecule has 2 aromatic carbocycles. The molecule has 32 heavy (non-hydrogen) atoms. The zero-order valence-corrected chi connectivity index (χ0v) is 18.1. The third-order valence-corrected chi connectivity index (χ3v) is 7.06. The molecule has 2 amide bonds. The van der Waals surface area contributed by atoms with Crippen LogP contribution in [0.2, 0.25) is 5.02 Å². The van der Waals surface area contributed by atoms with Gasteiger partial charge in [0.25, 0.3) is 17.5 Å². The van der Waals surface area contributed by atoms with E-state index in [0.717, 1.165) is 4.90 Å². The van der Waals surface area contributed by atoms with Gasteiger partial charge in [0.1, 0.15) is 5.69 Å². The average molecular weight is 452 g/mol. The fourth-order valence-electron chi connectivity index (χ4n) is 5.44. The van der Waals surface area contributed by atoms with E-state index in [0.29, 0.717) is 44.0 Å². The number of hydrogen-bond donors (Lipinski definition) is 2.